The van der Waals surface area contributed by atoms with E-state index in [0.717, 1.165) is 12.5 Å². The quantitative estimate of drug-likeness (QED) is 0.571. The molecule has 0 aliphatic heterocycles. The van der Waals surface area contributed by atoms with Crippen molar-refractivity contribution >= 4 is 21.8 Å². The zero-order valence-corrected chi connectivity index (χ0v) is 11.0. The van der Waals surface area contributed by atoms with Gasteiger partial charge >= 0.3 is 0 Å². The monoisotopic (exact) mass is 277 g/mol. The highest BCUT2D eigenvalue weighted by Crippen LogP contribution is 2.28. The van der Waals surface area contributed by atoms with Crippen molar-refractivity contribution in [3.05, 3.63) is 0 Å². The van der Waals surface area contributed by atoms with Gasteiger partial charge in [-0.1, -0.05) is 29.8 Å². The van der Waals surface area contributed by atoms with E-state index in [9.17, 15) is 4.79 Å². The van der Waals surface area contributed by atoms with E-state index in [-0.39, 0.29) is 10.7 Å². The first-order valence-electron chi connectivity index (χ1n) is 5.60. The van der Waals surface area contributed by atoms with E-state index in [4.69, 9.17) is 4.74 Å². The molecule has 4 heteroatoms. The zero-order chi connectivity index (χ0) is 11.3. The molecule has 0 heterocycles. The number of carbonyl (C=O) groups excluding carboxylic acids is 1. The van der Waals surface area contributed by atoms with Gasteiger partial charge in [0, 0.05) is 13.2 Å². The molecule has 1 fully saturated rings. The van der Waals surface area contributed by atoms with E-state index in [1.807, 2.05) is 13.8 Å². The second-order valence-corrected chi connectivity index (χ2v) is 5.44. The van der Waals surface area contributed by atoms with Gasteiger partial charge in [-0.25, -0.2) is 0 Å². The van der Waals surface area contributed by atoms with Crippen LogP contribution in [0.2, 0.25) is 0 Å². The van der Waals surface area contributed by atoms with Gasteiger partial charge < -0.3 is 10.1 Å². The lowest BCUT2D eigenvalue weighted by Gasteiger charge is -2.13. The fourth-order valence-electron chi connectivity index (χ4n) is 1.18. The van der Waals surface area contributed by atoms with Gasteiger partial charge in [-0.05, 0) is 24.7 Å². The van der Waals surface area contributed by atoms with Crippen molar-refractivity contribution < 1.29 is 9.53 Å². The number of amides is 1. The molecule has 0 aromatic rings. The molecule has 1 amide bonds. The van der Waals surface area contributed by atoms with Crippen molar-refractivity contribution in [2.75, 3.05) is 19.8 Å². The lowest BCUT2D eigenvalue weighted by molar-refractivity contribution is -0.121. The molecule has 1 aliphatic rings. The van der Waals surface area contributed by atoms with Crippen molar-refractivity contribution in [3.8, 4) is 0 Å². The zero-order valence-electron chi connectivity index (χ0n) is 9.46. The molecular weight excluding hydrogens is 258 g/mol. The van der Waals surface area contributed by atoms with Crippen molar-refractivity contribution in [1.29, 1.82) is 0 Å². The van der Waals surface area contributed by atoms with Crippen LogP contribution >= 0.6 is 15.9 Å². The third kappa shape index (κ3) is 5.52. The van der Waals surface area contributed by atoms with E-state index in [1.54, 1.807) is 0 Å². The minimum atomic E-state index is -0.0964. The van der Waals surface area contributed by atoms with Crippen LogP contribution in [0.1, 0.15) is 26.7 Å². The molecule has 0 aromatic carbocycles. The van der Waals surface area contributed by atoms with Crippen LogP contribution in [0.5, 0.6) is 0 Å². The fourth-order valence-corrected chi connectivity index (χ4v) is 1.34. The number of ether oxygens (including phenoxy) is 1. The first kappa shape index (κ1) is 13.0. The molecule has 3 nitrogen and oxygen atoms in total. The predicted octanol–water partition coefficient (Wildman–Crippen LogP) is 1.95. The summed E-state index contributed by atoms with van der Waals surface area (Å²) in [6.07, 6.45) is 2.62. The number of hydrogen-bond acceptors (Lipinski definition) is 2. The highest BCUT2D eigenvalue weighted by atomic mass is 79.9. The maximum atomic E-state index is 11.5. The molecule has 1 N–H and O–H groups in total. The Morgan fingerprint density at radius 3 is 2.73 bits per heavy atom. The number of carbonyl (C=O) groups is 1. The Bertz CT molecular complexity index is 205. The maximum absolute atomic E-state index is 11.5. The fraction of sp³-hybridized carbons (Fsp3) is 0.909. The van der Waals surface area contributed by atoms with E-state index in [1.165, 1.54) is 12.8 Å². The van der Waals surface area contributed by atoms with Gasteiger partial charge in [0.2, 0.25) is 5.91 Å². The molecule has 1 atom stereocenters. The normalized spacial score (nSPS) is 17.9. The number of hydrogen-bond donors (Lipinski definition) is 1. The smallest absolute Gasteiger partial charge is 0.234 e. The van der Waals surface area contributed by atoms with Crippen molar-refractivity contribution in [2.24, 2.45) is 11.8 Å². The Labute approximate surface area is 100 Å². The molecular formula is C11H20BrNO2. The van der Waals surface area contributed by atoms with Crippen molar-refractivity contribution in [2.45, 2.75) is 31.5 Å². The molecule has 0 radical (unpaired) electrons. The molecule has 1 aliphatic carbocycles. The SMILES string of the molecule is CC(C)C(Br)C(=O)NCCOCC1CC1. The van der Waals surface area contributed by atoms with Crippen LogP contribution in [-0.2, 0) is 9.53 Å². The van der Waals surface area contributed by atoms with E-state index < -0.39 is 0 Å². The van der Waals surface area contributed by atoms with Crippen LogP contribution < -0.4 is 5.32 Å². The van der Waals surface area contributed by atoms with Gasteiger partial charge in [-0.3, -0.25) is 4.79 Å². The van der Waals surface area contributed by atoms with Gasteiger partial charge in [-0.2, -0.15) is 0 Å². The molecule has 0 saturated heterocycles. The Morgan fingerprint density at radius 1 is 1.53 bits per heavy atom. The van der Waals surface area contributed by atoms with Crippen LogP contribution in [0, 0.1) is 11.8 Å². The van der Waals surface area contributed by atoms with E-state index in [2.05, 4.69) is 21.2 Å². The molecule has 1 saturated carbocycles. The summed E-state index contributed by atoms with van der Waals surface area (Å²) in [5, 5.41) is 2.85. The summed E-state index contributed by atoms with van der Waals surface area (Å²) in [4.78, 5) is 11.4. The van der Waals surface area contributed by atoms with Gasteiger partial charge in [0.1, 0.15) is 0 Å². The van der Waals surface area contributed by atoms with Crippen LogP contribution in [-0.4, -0.2) is 30.5 Å². The molecule has 0 bridgehead atoms. The number of alkyl halides is 1. The van der Waals surface area contributed by atoms with Crippen LogP contribution in [0.15, 0.2) is 0 Å². The van der Waals surface area contributed by atoms with Gasteiger partial charge in [-0.15, -0.1) is 0 Å². The maximum Gasteiger partial charge on any atom is 0.234 e. The molecule has 1 unspecified atom stereocenters. The average molecular weight is 278 g/mol. The minimum Gasteiger partial charge on any atom is -0.379 e. The van der Waals surface area contributed by atoms with Crippen molar-refractivity contribution in [3.63, 3.8) is 0 Å². The molecule has 0 aromatic heterocycles. The van der Waals surface area contributed by atoms with E-state index in [0.29, 0.717) is 19.1 Å². The third-order valence-corrected chi connectivity index (χ3v) is 3.91. The van der Waals surface area contributed by atoms with Crippen molar-refractivity contribution in [1.82, 2.24) is 5.32 Å². The lowest BCUT2D eigenvalue weighted by atomic mass is 10.1. The van der Waals surface area contributed by atoms with Gasteiger partial charge in [0.05, 0.1) is 11.4 Å². The topological polar surface area (TPSA) is 38.3 Å². The summed E-state index contributed by atoms with van der Waals surface area (Å²) < 4.78 is 5.42. The van der Waals surface area contributed by atoms with Gasteiger partial charge in [0.15, 0.2) is 0 Å². The first-order valence-corrected chi connectivity index (χ1v) is 6.52. The van der Waals surface area contributed by atoms with Crippen LogP contribution in [0.3, 0.4) is 0 Å². The third-order valence-electron chi connectivity index (χ3n) is 2.43. The second kappa shape index (κ2) is 6.48. The summed E-state index contributed by atoms with van der Waals surface area (Å²) in [7, 11) is 0. The standard InChI is InChI=1S/C11H20BrNO2/c1-8(2)10(12)11(14)13-5-6-15-7-9-3-4-9/h8-10H,3-7H2,1-2H3,(H,13,14). The number of nitrogens with one attached hydrogen (secondary N) is 1. The Morgan fingerprint density at radius 2 is 2.20 bits per heavy atom. The lowest BCUT2D eigenvalue weighted by Crippen LogP contribution is -2.36. The van der Waals surface area contributed by atoms with E-state index >= 15 is 0 Å². The first-order chi connectivity index (χ1) is 7.11. The molecule has 1 rings (SSSR count). The number of halogens is 1. The molecule has 88 valence electrons. The largest absolute Gasteiger partial charge is 0.379 e. The summed E-state index contributed by atoms with van der Waals surface area (Å²) in [6.45, 7) is 6.13. The van der Waals surface area contributed by atoms with Crippen LogP contribution in [0.25, 0.3) is 0 Å². The average Bonchev–Trinajstić information content (AvgIpc) is 2.99. The van der Waals surface area contributed by atoms with Gasteiger partial charge in [0.25, 0.3) is 0 Å². The Kier molecular flexibility index (Phi) is 5.61. The summed E-state index contributed by atoms with van der Waals surface area (Å²) in [6, 6.07) is 0. The second-order valence-electron chi connectivity index (χ2n) is 4.46. The molecule has 15 heavy (non-hydrogen) atoms. The number of rotatable bonds is 7. The summed E-state index contributed by atoms with van der Waals surface area (Å²) in [5.41, 5.74) is 0. The molecule has 0 spiro atoms. The summed E-state index contributed by atoms with van der Waals surface area (Å²) in [5.74, 6) is 1.16. The highest BCUT2D eigenvalue weighted by Gasteiger charge is 2.21. The van der Waals surface area contributed by atoms with Crippen LogP contribution in [0.4, 0.5) is 0 Å². The Balaban J connectivity index is 1.95. The summed E-state index contributed by atoms with van der Waals surface area (Å²) >= 11 is 3.36. The highest BCUT2D eigenvalue weighted by molar-refractivity contribution is 9.10. The minimum absolute atomic E-state index is 0.0556. The Hall–Kier alpha value is -0.0900. The predicted molar refractivity (Wildman–Crippen MR) is 64.1 cm³/mol.